The van der Waals surface area contributed by atoms with Gasteiger partial charge in [-0.3, -0.25) is 14.6 Å². The number of benzene rings is 1. The molecule has 1 spiro atoms. The van der Waals surface area contributed by atoms with Crippen molar-refractivity contribution in [3.63, 3.8) is 0 Å². The molecule has 12 atom stereocenters. The Morgan fingerprint density at radius 2 is 1.92 bits per heavy atom. The number of ketones is 2. The average Bonchev–Trinajstić information content (AvgIpc) is 4.15. The van der Waals surface area contributed by atoms with E-state index in [1.807, 2.05) is 37.5 Å². The molecule has 7 heterocycles. The first-order chi connectivity index (χ1) is 35.3. The van der Waals surface area contributed by atoms with Gasteiger partial charge >= 0.3 is 5.97 Å². The van der Waals surface area contributed by atoms with Crippen LogP contribution in [0.2, 0.25) is 0 Å². The van der Waals surface area contributed by atoms with Gasteiger partial charge in [0, 0.05) is 55.8 Å². The molecule has 2 saturated heterocycles. The quantitative estimate of drug-likeness (QED) is 0.0573. The van der Waals surface area contributed by atoms with Gasteiger partial charge < -0.3 is 52.4 Å². The topological polar surface area (TPSA) is 196 Å². The number of rotatable bonds is 10. The molecule has 0 saturated carbocycles. The van der Waals surface area contributed by atoms with Crippen LogP contribution in [0.15, 0.2) is 118 Å². The highest BCUT2D eigenvalue weighted by Crippen LogP contribution is 2.60. The van der Waals surface area contributed by atoms with E-state index >= 15 is 14.4 Å². The summed E-state index contributed by atoms with van der Waals surface area (Å²) in [5.41, 5.74) is 8.83. The second-order valence-electron chi connectivity index (χ2n) is 23.0. The molecule has 1 aromatic rings. The number of nitrogens with one attached hydrogen (secondary N) is 7. The molecule has 1 aromatic carbocycles. The molecule has 9 N–H and O–H groups in total. The Morgan fingerprint density at radius 3 is 2.73 bits per heavy atom. The fraction of sp³-hybridized carbons (Fsp3) is 0.559. The number of ether oxygens (including phenoxy) is 2. The Morgan fingerprint density at radius 1 is 1.04 bits per heavy atom. The van der Waals surface area contributed by atoms with E-state index in [1.165, 1.54) is 16.7 Å². The maximum Gasteiger partial charge on any atom is 0.350 e. The minimum Gasteiger partial charge on any atom is -0.463 e. The normalized spacial score (nSPS) is 38.2. The summed E-state index contributed by atoms with van der Waals surface area (Å²) in [6.45, 7) is 8.80. The number of hydrogen-bond acceptors (Lipinski definition) is 12. The number of epoxide rings is 1. The van der Waals surface area contributed by atoms with Crippen LogP contribution in [0.3, 0.4) is 0 Å². The number of aliphatic imine (C=N–C) groups is 1. The molecule has 12 rings (SSSR count). The number of Topliss-reactive ketones (excluding diaryl/α,β-unsaturated/α-hetero) is 2. The monoisotopic (exact) mass is 992 g/mol. The number of carbonyl (C=O) groups excluding carboxylic acids is 3. The lowest BCUT2D eigenvalue weighted by Gasteiger charge is -2.49. The van der Waals surface area contributed by atoms with E-state index in [2.05, 4.69) is 106 Å². The van der Waals surface area contributed by atoms with Gasteiger partial charge in [-0.25, -0.2) is 4.79 Å². The molecule has 7 aliphatic heterocycles. The van der Waals surface area contributed by atoms with E-state index in [9.17, 15) is 0 Å². The van der Waals surface area contributed by atoms with Crippen LogP contribution in [0.5, 0.6) is 0 Å². The Bertz CT molecular complexity index is 2710. The summed E-state index contributed by atoms with van der Waals surface area (Å²) in [7, 11) is 3.78. The predicted octanol–water partition coefficient (Wildman–Crippen LogP) is 6.19. The maximum absolute atomic E-state index is 15.8. The molecule has 6 bridgehead atoms. The standard InChI is InChI=1S/C59H77N9O5/c1-6-63-46-29-38-11-7-14-40-37-13-9-24-56(3,31-36-16-20-47(60)66-33-36)32-39-12-8-15-43-50(39)52(70)59(54(71)72-34-44(46)41(18-17-37)49(38)40)58(73-59,51(43)69)26-22-35(2)30-57(25-10-27-65-55(62-5)68-57)45-23-28-64-53-42(45)19-21-48(61-4)67-53/h7-8,11-12,15-18,20,22-23,29,33,37,40-41,44,46-49,61,63-64,66-67H,6,9-10,13-14,19,21,24-28,30-32,34,60H2,1-5H3,(H2,62,65,68). The summed E-state index contributed by atoms with van der Waals surface area (Å²) in [5, 5.41) is 25.0. The van der Waals surface area contributed by atoms with Gasteiger partial charge in [0.1, 0.15) is 5.82 Å². The van der Waals surface area contributed by atoms with Crippen LogP contribution < -0.4 is 43.0 Å². The Kier molecular flexibility index (Phi) is 13.4. The molecule has 14 nitrogen and oxygen atoms in total. The first-order valence-corrected chi connectivity index (χ1v) is 27.4. The second kappa shape index (κ2) is 19.6. The van der Waals surface area contributed by atoms with Crippen molar-refractivity contribution < 1.29 is 23.9 Å². The highest BCUT2D eigenvalue weighted by Gasteiger charge is 2.85. The number of fused-ring (bicyclic) bond motifs is 6. The molecule has 2 fully saturated rings. The van der Waals surface area contributed by atoms with Crippen molar-refractivity contribution in [3.8, 4) is 0 Å². The zero-order chi connectivity index (χ0) is 50.7. The van der Waals surface area contributed by atoms with Gasteiger partial charge in [-0.05, 0) is 148 Å². The number of carbonyl (C=O) groups is 3. The fourth-order valence-electron chi connectivity index (χ4n) is 14.8. The lowest BCUT2D eigenvalue weighted by molar-refractivity contribution is -0.150. The number of nitrogens with zero attached hydrogens (tertiary/aromatic N) is 1. The van der Waals surface area contributed by atoms with Crippen LogP contribution in [0, 0.1) is 35.0 Å². The Balaban J connectivity index is 0.979. The van der Waals surface area contributed by atoms with Gasteiger partial charge in [0.25, 0.3) is 5.60 Å². The van der Waals surface area contributed by atoms with Crippen LogP contribution in [0.1, 0.15) is 118 Å². The third kappa shape index (κ3) is 8.67. The summed E-state index contributed by atoms with van der Waals surface area (Å²) < 4.78 is 13.3. The van der Waals surface area contributed by atoms with E-state index in [4.69, 9.17) is 15.2 Å². The van der Waals surface area contributed by atoms with Gasteiger partial charge in [0.05, 0.1) is 24.5 Å². The molecular formula is C59H77N9O5. The molecule has 0 aromatic heterocycles. The Labute approximate surface area is 431 Å². The third-order valence-corrected chi connectivity index (χ3v) is 18.3. The molecular weight excluding hydrogens is 915 g/mol. The maximum atomic E-state index is 15.8. The minimum absolute atomic E-state index is 0.0386. The molecule has 12 unspecified atom stereocenters. The zero-order valence-electron chi connectivity index (χ0n) is 43.5. The van der Waals surface area contributed by atoms with Gasteiger partial charge in [-0.2, -0.15) is 0 Å². The molecule has 388 valence electrons. The number of nitrogens with two attached hydrogens (primary N) is 1. The van der Waals surface area contributed by atoms with Crippen molar-refractivity contribution in [2.75, 3.05) is 40.3 Å². The molecule has 73 heavy (non-hydrogen) atoms. The summed E-state index contributed by atoms with van der Waals surface area (Å²) in [4.78, 5) is 51.4. The van der Waals surface area contributed by atoms with Gasteiger partial charge in [0.2, 0.25) is 5.78 Å². The van der Waals surface area contributed by atoms with Crippen molar-refractivity contribution in [3.05, 3.63) is 129 Å². The average molecular weight is 992 g/mol. The highest BCUT2D eigenvalue weighted by atomic mass is 16.7. The smallest absolute Gasteiger partial charge is 0.350 e. The van der Waals surface area contributed by atoms with E-state index in [0.29, 0.717) is 48.3 Å². The lowest BCUT2D eigenvalue weighted by atomic mass is 9.57. The molecule has 0 radical (unpaired) electrons. The van der Waals surface area contributed by atoms with Crippen molar-refractivity contribution >= 4 is 23.5 Å². The van der Waals surface area contributed by atoms with Crippen molar-refractivity contribution in [1.29, 1.82) is 0 Å². The minimum atomic E-state index is -2.13. The predicted molar refractivity (Wildman–Crippen MR) is 285 cm³/mol. The second-order valence-corrected chi connectivity index (χ2v) is 23.0. The van der Waals surface area contributed by atoms with Crippen LogP contribution in [0.4, 0.5) is 0 Å². The summed E-state index contributed by atoms with van der Waals surface area (Å²) in [6, 6.07) is 5.58. The number of likely N-dealkylation sites (N-methyl/N-ethyl adjacent to an activating group) is 1. The van der Waals surface area contributed by atoms with E-state index in [0.717, 1.165) is 99.4 Å². The first kappa shape index (κ1) is 49.7. The van der Waals surface area contributed by atoms with Gasteiger partial charge in [0.15, 0.2) is 17.3 Å². The van der Waals surface area contributed by atoms with Crippen LogP contribution in [-0.2, 0) is 20.7 Å². The zero-order valence-corrected chi connectivity index (χ0v) is 43.5. The lowest BCUT2D eigenvalue weighted by Crippen LogP contribution is -2.55. The van der Waals surface area contributed by atoms with Crippen LogP contribution in [0.25, 0.3) is 0 Å². The summed E-state index contributed by atoms with van der Waals surface area (Å²) >= 11 is 0. The van der Waals surface area contributed by atoms with Gasteiger partial charge in [-0.15, -0.1) is 0 Å². The number of esters is 1. The van der Waals surface area contributed by atoms with E-state index in [1.54, 1.807) is 13.1 Å². The highest BCUT2D eigenvalue weighted by molar-refractivity contribution is 6.33. The number of allylic oxidation sites excluding steroid dienone is 7. The van der Waals surface area contributed by atoms with Crippen molar-refractivity contribution in [2.45, 2.75) is 133 Å². The van der Waals surface area contributed by atoms with Gasteiger partial charge in [-0.1, -0.05) is 92.6 Å². The molecule has 11 aliphatic rings. The molecule has 0 amide bonds. The number of hydrogen-bond donors (Lipinski definition) is 8. The van der Waals surface area contributed by atoms with E-state index < -0.39 is 28.5 Å². The van der Waals surface area contributed by atoms with Crippen molar-refractivity contribution in [2.24, 2.45) is 45.7 Å². The SMILES string of the molecule is CCNC1C=C2C=CCC3C4C=CC(C1COC(=O)C15OC1(CC=C(C)CC1(C6=CCNC7=C6CCC(NC)N7)CCCNC(=NC)N1)C(=O)c1cccc(c1C5=O)CC(C)(CC1=CNC(N)C=C1)CCC4)C23. The van der Waals surface area contributed by atoms with E-state index in [-0.39, 0.29) is 54.4 Å². The third-order valence-electron chi connectivity index (χ3n) is 18.3. The molecule has 14 heteroatoms. The van der Waals surface area contributed by atoms with Crippen LogP contribution >= 0.6 is 0 Å². The largest absolute Gasteiger partial charge is 0.463 e. The first-order valence-electron chi connectivity index (χ1n) is 27.4. The number of guanidine groups is 1. The van der Waals surface area contributed by atoms with Crippen LogP contribution in [-0.4, -0.2) is 98.9 Å². The van der Waals surface area contributed by atoms with Crippen molar-refractivity contribution in [1.82, 2.24) is 37.2 Å². The summed E-state index contributed by atoms with van der Waals surface area (Å²) in [6.07, 6.45) is 31.7. The fourth-order valence-corrected chi connectivity index (χ4v) is 14.8. The number of dihydropyridines is 2. The summed E-state index contributed by atoms with van der Waals surface area (Å²) in [5.74, 6) is 1.40. The molecule has 4 aliphatic carbocycles. The Hall–Kier alpha value is -5.54.